The number of aromatic nitrogens is 1. The van der Waals surface area contributed by atoms with Gasteiger partial charge < -0.3 is 25.0 Å². The molecule has 1 aliphatic rings. The van der Waals surface area contributed by atoms with E-state index in [2.05, 4.69) is 10.6 Å². The average molecular weight is 399 g/mol. The van der Waals surface area contributed by atoms with Crippen LogP contribution in [-0.2, 0) is 6.54 Å². The van der Waals surface area contributed by atoms with Crippen molar-refractivity contribution in [2.75, 3.05) is 20.3 Å². The number of hydrogen-bond acceptors (Lipinski definition) is 5. The fourth-order valence-electron chi connectivity index (χ4n) is 3.09. The van der Waals surface area contributed by atoms with Crippen molar-refractivity contribution in [3.63, 3.8) is 0 Å². The summed E-state index contributed by atoms with van der Waals surface area (Å²) < 4.78 is 6.75. The Bertz CT molecular complexity index is 950. The molecule has 1 aliphatic carbocycles. The van der Waals surface area contributed by atoms with E-state index in [4.69, 9.17) is 9.84 Å². The molecule has 1 saturated carbocycles. The number of carbonyl (C=O) groups is 2. The fourth-order valence-corrected chi connectivity index (χ4v) is 3.09. The lowest BCUT2D eigenvalue weighted by atomic mass is 9.93. The Morgan fingerprint density at radius 3 is 2.69 bits per heavy atom. The highest BCUT2D eigenvalue weighted by atomic mass is 16.5. The molecule has 1 heterocycles. The molecule has 1 aromatic heterocycles. The summed E-state index contributed by atoms with van der Waals surface area (Å²) in [6.45, 7) is 0.238. The quantitative estimate of drug-likeness (QED) is 0.611. The molecule has 154 valence electrons. The van der Waals surface area contributed by atoms with Crippen LogP contribution in [0.2, 0.25) is 0 Å². The standard InChI is InChI=1S/C21H25N3O5/c1-22-20(27)18-11-15(19(26)23-16-5-3-6-16)13-24(21(18)28)12-14-4-2-7-17(10-14)29-9-8-25/h2,4,7,10-11,13,16,25H,3,5-6,8-9,12H2,1H3,(H,22,27)(H,23,26). The van der Waals surface area contributed by atoms with Gasteiger partial charge in [0.25, 0.3) is 17.4 Å². The zero-order chi connectivity index (χ0) is 20.8. The third kappa shape index (κ3) is 5.03. The maximum Gasteiger partial charge on any atom is 0.263 e. The second-order valence-electron chi connectivity index (χ2n) is 6.98. The van der Waals surface area contributed by atoms with Gasteiger partial charge in [0.05, 0.1) is 18.7 Å². The molecule has 0 aliphatic heterocycles. The molecule has 0 saturated heterocycles. The Morgan fingerprint density at radius 1 is 1.24 bits per heavy atom. The minimum Gasteiger partial charge on any atom is -0.491 e. The fraction of sp³-hybridized carbons (Fsp3) is 0.381. The van der Waals surface area contributed by atoms with Gasteiger partial charge in [-0.05, 0) is 43.0 Å². The molecule has 8 nitrogen and oxygen atoms in total. The number of benzene rings is 1. The van der Waals surface area contributed by atoms with Crippen LogP contribution in [0.15, 0.2) is 41.3 Å². The maximum absolute atomic E-state index is 12.8. The zero-order valence-electron chi connectivity index (χ0n) is 16.3. The van der Waals surface area contributed by atoms with E-state index in [1.807, 2.05) is 6.07 Å². The van der Waals surface area contributed by atoms with Crippen LogP contribution in [0, 0.1) is 0 Å². The van der Waals surface area contributed by atoms with Crippen molar-refractivity contribution in [2.24, 2.45) is 0 Å². The molecule has 1 aromatic carbocycles. The van der Waals surface area contributed by atoms with E-state index in [0.29, 0.717) is 5.75 Å². The summed E-state index contributed by atoms with van der Waals surface area (Å²) in [5, 5.41) is 14.3. The summed E-state index contributed by atoms with van der Waals surface area (Å²) in [6.07, 6.45) is 4.44. The highest BCUT2D eigenvalue weighted by Gasteiger charge is 2.22. The molecule has 0 bridgehead atoms. The van der Waals surface area contributed by atoms with Gasteiger partial charge in [-0.25, -0.2) is 0 Å². The number of nitrogens with zero attached hydrogens (tertiary/aromatic N) is 1. The first-order valence-electron chi connectivity index (χ1n) is 9.62. The van der Waals surface area contributed by atoms with Crippen LogP contribution in [0.4, 0.5) is 0 Å². The van der Waals surface area contributed by atoms with E-state index in [-0.39, 0.29) is 42.8 Å². The summed E-state index contributed by atoms with van der Waals surface area (Å²) in [4.78, 5) is 37.6. The van der Waals surface area contributed by atoms with E-state index in [1.165, 1.54) is 23.9 Å². The smallest absolute Gasteiger partial charge is 0.263 e. The van der Waals surface area contributed by atoms with Crippen LogP contribution in [-0.4, -0.2) is 47.8 Å². The number of nitrogens with one attached hydrogen (secondary N) is 2. The first-order chi connectivity index (χ1) is 14.0. The number of aliphatic hydroxyl groups excluding tert-OH is 1. The number of rotatable bonds is 8. The molecule has 0 atom stereocenters. The van der Waals surface area contributed by atoms with Crippen molar-refractivity contribution in [2.45, 2.75) is 31.8 Å². The van der Waals surface area contributed by atoms with E-state index >= 15 is 0 Å². The molecule has 0 radical (unpaired) electrons. The van der Waals surface area contributed by atoms with Crippen LogP contribution in [0.3, 0.4) is 0 Å². The molecule has 2 aromatic rings. The molecule has 3 N–H and O–H groups in total. The zero-order valence-corrected chi connectivity index (χ0v) is 16.3. The topological polar surface area (TPSA) is 110 Å². The number of aliphatic hydroxyl groups is 1. The first-order valence-corrected chi connectivity index (χ1v) is 9.62. The van der Waals surface area contributed by atoms with Crippen LogP contribution in [0.5, 0.6) is 5.75 Å². The van der Waals surface area contributed by atoms with Crippen molar-refractivity contribution >= 4 is 11.8 Å². The molecule has 0 spiro atoms. The molecule has 3 rings (SSSR count). The minimum absolute atomic E-state index is 0.0820. The van der Waals surface area contributed by atoms with Crippen molar-refractivity contribution in [1.29, 1.82) is 0 Å². The SMILES string of the molecule is CNC(=O)c1cc(C(=O)NC2CCC2)cn(Cc2cccc(OCCO)c2)c1=O. The van der Waals surface area contributed by atoms with Gasteiger partial charge in [0.15, 0.2) is 0 Å². The summed E-state index contributed by atoms with van der Waals surface area (Å²) in [5.41, 5.74) is 0.470. The molecule has 2 amide bonds. The van der Waals surface area contributed by atoms with Gasteiger partial charge >= 0.3 is 0 Å². The maximum atomic E-state index is 12.8. The molecule has 8 heteroatoms. The van der Waals surface area contributed by atoms with Crippen molar-refractivity contribution in [1.82, 2.24) is 15.2 Å². The van der Waals surface area contributed by atoms with Gasteiger partial charge in [0.1, 0.15) is 17.9 Å². The van der Waals surface area contributed by atoms with Gasteiger partial charge in [0.2, 0.25) is 0 Å². The van der Waals surface area contributed by atoms with Crippen LogP contribution in [0.1, 0.15) is 45.5 Å². The Morgan fingerprint density at radius 2 is 2.03 bits per heavy atom. The van der Waals surface area contributed by atoms with E-state index < -0.39 is 11.5 Å². The van der Waals surface area contributed by atoms with E-state index in [9.17, 15) is 14.4 Å². The number of amides is 2. The predicted molar refractivity (Wildman–Crippen MR) is 107 cm³/mol. The Labute approximate surface area is 168 Å². The van der Waals surface area contributed by atoms with Gasteiger partial charge in [-0.3, -0.25) is 14.4 Å². The van der Waals surface area contributed by atoms with Gasteiger partial charge in [-0.1, -0.05) is 12.1 Å². The Kier molecular flexibility index (Phi) is 6.66. The average Bonchev–Trinajstić information content (AvgIpc) is 2.70. The number of hydrogen-bond donors (Lipinski definition) is 3. The Balaban J connectivity index is 1.91. The third-order valence-corrected chi connectivity index (χ3v) is 4.87. The molecule has 0 unspecified atom stereocenters. The first kappa shape index (κ1) is 20.6. The second kappa shape index (κ2) is 9.38. The second-order valence-corrected chi connectivity index (χ2v) is 6.98. The lowest BCUT2D eigenvalue weighted by Crippen LogP contribution is -2.40. The number of carbonyl (C=O) groups excluding carboxylic acids is 2. The predicted octanol–water partition coefficient (Wildman–Crippen LogP) is 0.910. The molecule has 29 heavy (non-hydrogen) atoms. The highest BCUT2D eigenvalue weighted by Crippen LogP contribution is 2.19. The summed E-state index contributed by atoms with van der Waals surface area (Å²) in [5.74, 6) is -0.272. The van der Waals surface area contributed by atoms with Gasteiger partial charge in [-0.2, -0.15) is 0 Å². The lowest BCUT2D eigenvalue weighted by Gasteiger charge is -2.26. The third-order valence-electron chi connectivity index (χ3n) is 4.87. The number of ether oxygens (including phenoxy) is 1. The van der Waals surface area contributed by atoms with E-state index in [0.717, 1.165) is 24.8 Å². The largest absolute Gasteiger partial charge is 0.491 e. The summed E-state index contributed by atoms with van der Waals surface area (Å²) >= 11 is 0. The normalized spacial score (nSPS) is 13.4. The van der Waals surface area contributed by atoms with Gasteiger partial charge in [0, 0.05) is 19.3 Å². The van der Waals surface area contributed by atoms with Crippen molar-refractivity contribution in [3.8, 4) is 5.75 Å². The van der Waals surface area contributed by atoms with Crippen LogP contribution in [0.25, 0.3) is 0 Å². The lowest BCUT2D eigenvalue weighted by molar-refractivity contribution is 0.0916. The van der Waals surface area contributed by atoms with Crippen LogP contribution < -0.4 is 20.9 Å². The Hall–Kier alpha value is -3.13. The molecular weight excluding hydrogens is 374 g/mol. The van der Waals surface area contributed by atoms with Crippen molar-refractivity contribution in [3.05, 3.63) is 63.6 Å². The minimum atomic E-state index is -0.540. The molecular formula is C21H25N3O5. The summed E-state index contributed by atoms with van der Waals surface area (Å²) in [7, 11) is 1.44. The van der Waals surface area contributed by atoms with Crippen molar-refractivity contribution < 1.29 is 19.4 Å². The van der Waals surface area contributed by atoms with Gasteiger partial charge in [-0.15, -0.1) is 0 Å². The van der Waals surface area contributed by atoms with E-state index in [1.54, 1.807) is 18.2 Å². The number of pyridine rings is 1. The highest BCUT2D eigenvalue weighted by molar-refractivity contribution is 5.99. The van der Waals surface area contributed by atoms with Crippen LogP contribution >= 0.6 is 0 Å². The molecule has 1 fully saturated rings. The summed E-state index contributed by atoms with van der Waals surface area (Å²) in [6, 6.07) is 8.58. The monoisotopic (exact) mass is 399 g/mol.